The summed E-state index contributed by atoms with van der Waals surface area (Å²) in [5, 5.41) is 5.58. The maximum atomic E-state index is 11.7. The quantitative estimate of drug-likeness (QED) is 0.823. The molecule has 0 spiro atoms. The number of aryl methyl sites for hydroxylation is 1. The third-order valence-corrected chi connectivity index (χ3v) is 3.17. The summed E-state index contributed by atoms with van der Waals surface area (Å²) in [5.74, 6) is 0.465. The molecule has 2 N–H and O–H groups in total. The lowest BCUT2D eigenvalue weighted by Crippen LogP contribution is -2.38. The molecule has 0 saturated carbocycles. The lowest BCUT2D eigenvalue weighted by molar-refractivity contribution is -0.124. The summed E-state index contributed by atoms with van der Waals surface area (Å²) in [4.78, 5) is 23.0. The van der Waals surface area contributed by atoms with E-state index in [4.69, 9.17) is 9.47 Å². The van der Waals surface area contributed by atoms with E-state index in [1.165, 1.54) is 0 Å². The summed E-state index contributed by atoms with van der Waals surface area (Å²) in [6, 6.07) is 5.36. The Bertz CT molecular complexity index is 530. The summed E-state index contributed by atoms with van der Waals surface area (Å²) < 4.78 is 10.4. The van der Waals surface area contributed by atoms with Gasteiger partial charge in [-0.05, 0) is 37.1 Å². The average Bonchev–Trinajstić information content (AvgIpc) is 2.45. The molecule has 0 unspecified atom stereocenters. The molecule has 1 heterocycles. The lowest BCUT2D eigenvalue weighted by atomic mass is 10.0. The van der Waals surface area contributed by atoms with Crippen LogP contribution in [-0.4, -0.2) is 38.2 Å². The SMILES string of the molecule is COC[C@H](C)NC(=O)COc1ccc2c(c1)CCC(=O)N2. The molecule has 1 aliphatic rings. The molecule has 1 atom stereocenters. The highest BCUT2D eigenvalue weighted by Gasteiger charge is 2.15. The number of fused-ring (bicyclic) bond motifs is 1. The summed E-state index contributed by atoms with van der Waals surface area (Å²) in [5.41, 5.74) is 1.84. The van der Waals surface area contributed by atoms with E-state index in [9.17, 15) is 9.59 Å². The Balaban J connectivity index is 1.86. The molecule has 2 amide bonds. The van der Waals surface area contributed by atoms with E-state index >= 15 is 0 Å². The van der Waals surface area contributed by atoms with Crippen molar-refractivity contribution in [1.29, 1.82) is 0 Å². The molecule has 1 aliphatic heterocycles. The van der Waals surface area contributed by atoms with Gasteiger partial charge < -0.3 is 20.1 Å². The highest BCUT2D eigenvalue weighted by Crippen LogP contribution is 2.26. The van der Waals surface area contributed by atoms with Crippen molar-refractivity contribution in [3.05, 3.63) is 23.8 Å². The number of hydrogen-bond donors (Lipinski definition) is 2. The number of ether oxygens (including phenoxy) is 2. The van der Waals surface area contributed by atoms with Gasteiger partial charge in [-0.2, -0.15) is 0 Å². The first-order valence-corrected chi connectivity index (χ1v) is 6.92. The maximum absolute atomic E-state index is 11.7. The van der Waals surface area contributed by atoms with Crippen molar-refractivity contribution in [2.45, 2.75) is 25.8 Å². The normalized spacial score (nSPS) is 14.9. The van der Waals surface area contributed by atoms with Crippen LogP contribution in [0.5, 0.6) is 5.75 Å². The predicted octanol–water partition coefficient (Wildman–Crippen LogP) is 1.10. The van der Waals surface area contributed by atoms with Gasteiger partial charge in [0.15, 0.2) is 6.61 Å². The Morgan fingerprint density at radius 2 is 2.24 bits per heavy atom. The second-order valence-electron chi connectivity index (χ2n) is 5.08. The largest absolute Gasteiger partial charge is 0.484 e. The third-order valence-electron chi connectivity index (χ3n) is 3.17. The first kappa shape index (κ1) is 15.3. The van der Waals surface area contributed by atoms with Crippen LogP contribution >= 0.6 is 0 Å². The summed E-state index contributed by atoms with van der Waals surface area (Å²) in [6.07, 6.45) is 1.17. The Kier molecular flexibility index (Phi) is 5.16. The van der Waals surface area contributed by atoms with Gasteiger partial charge in [-0.25, -0.2) is 0 Å². The van der Waals surface area contributed by atoms with Crippen molar-refractivity contribution in [2.24, 2.45) is 0 Å². The first-order chi connectivity index (χ1) is 10.1. The van der Waals surface area contributed by atoms with Gasteiger partial charge in [0.05, 0.1) is 6.61 Å². The van der Waals surface area contributed by atoms with Gasteiger partial charge in [0.25, 0.3) is 5.91 Å². The third kappa shape index (κ3) is 4.46. The van der Waals surface area contributed by atoms with Gasteiger partial charge >= 0.3 is 0 Å². The predicted molar refractivity (Wildman–Crippen MR) is 78.4 cm³/mol. The van der Waals surface area contributed by atoms with Gasteiger partial charge in [0.2, 0.25) is 5.91 Å². The topological polar surface area (TPSA) is 76.7 Å². The number of nitrogens with one attached hydrogen (secondary N) is 2. The molecule has 6 nitrogen and oxygen atoms in total. The smallest absolute Gasteiger partial charge is 0.258 e. The fourth-order valence-corrected chi connectivity index (χ4v) is 2.21. The van der Waals surface area contributed by atoms with Crippen LogP contribution in [-0.2, 0) is 20.7 Å². The molecule has 0 bridgehead atoms. The molecule has 6 heteroatoms. The number of rotatable bonds is 6. The Labute approximate surface area is 123 Å². The maximum Gasteiger partial charge on any atom is 0.258 e. The Morgan fingerprint density at radius 3 is 3.00 bits per heavy atom. The van der Waals surface area contributed by atoms with Gasteiger partial charge in [-0.3, -0.25) is 9.59 Å². The minimum Gasteiger partial charge on any atom is -0.484 e. The molecule has 0 saturated heterocycles. The van der Waals surface area contributed by atoms with Crippen LogP contribution in [0.4, 0.5) is 5.69 Å². The van der Waals surface area contributed by atoms with E-state index < -0.39 is 0 Å². The minimum atomic E-state index is -0.189. The second-order valence-corrected chi connectivity index (χ2v) is 5.08. The van der Waals surface area contributed by atoms with Crippen LogP contribution in [0, 0.1) is 0 Å². The Hall–Kier alpha value is -2.08. The van der Waals surface area contributed by atoms with Gasteiger partial charge in [-0.15, -0.1) is 0 Å². The molecule has 0 aromatic heterocycles. The standard InChI is InChI=1S/C15H20N2O4/c1-10(8-20-2)16-15(19)9-21-12-4-5-13-11(7-12)3-6-14(18)17-13/h4-5,7,10H,3,6,8-9H2,1-2H3,(H,16,19)(H,17,18)/t10-/m0/s1. The summed E-state index contributed by atoms with van der Waals surface area (Å²) in [7, 11) is 1.59. The van der Waals surface area contributed by atoms with Gasteiger partial charge in [0, 0.05) is 25.3 Å². The minimum absolute atomic E-state index is 0.0303. The molecular formula is C15H20N2O4. The monoisotopic (exact) mass is 292 g/mol. The zero-order valence-electron chi connectivity index (χ0n) is 12.3. The molecule has 0 aliphatic carbocycles. The van der Waals surface area contributed by atoms with Gasteiger partial charge in [0.1, 0.15) is 5.75 Å². The number of methoxy groups -OCH3 is 1. The number of amides is 2. The molecular weight excluding hydrogens is 272 g/mol. The van der Waals surface area contributed by atoms with Crippen molar-refractivity contribution in [2.75, 3.05) is 25.6 Å². The van der Waals surface area contributed by atoms with Crippen molar-refractivity contribution in [3.8, 4) is 5.75 Å². The first-order valence-electron chi connectivity index (χ1n) is 6.92. The summed E-state index contributed by atoms with van der Waals surface area (Å²) >= 11 is 0. The molecule has 1 aromatic carbocycles. The van der Waals surface area contributed by atoms with Crippen molar-refractivity contribution >= 4 is 17.5 Å². The van der Waals surface area contributed by atoms with Crippen LogP contribution in [0.3, 0.4) is 0 Å². The fraction of sp³-hybridized carbons (Fsp3) is 0.467. The Morgan fingerprint density at radius 1 is 1.43 bits per heavy atom. The molecule has 2 rings (SSSR count). The van der Waals surface area contributed by atoms with E-state index in [2.05, 4.69) is 10.6 Å². The van der Waals surface area contributed by atoms with E-state index in [1.54, 1.807) is 19.2 Å². The second kappa shape index (κ2) is 7.08. The molecule has 0 radical (unpaired) electrons. The number of carbonyl (C=O) groups excluding carboxylic acids is 2. The number of benzene rings is 1. The highest BCUT2D eigenvalue weighted by molar-refractivity contribution is 5.94. The van der Waals surface area contributed by atoms with Crippen molar-refractivity contribution in [3.63, 3.8) is 0 Å². The fourth-order valence-electron chi connectivity index (χ4n) is 2.21. The summed E-state index contributed by atoms with van der Waals surface area (Å²) in [6.45, 7) is 2.28. The van der Waals surface area contributed by atoms with E-state index in [-0.39, 0.29) is 24.5 Å². The number of carbonyl (C=O) groups is 2. The van der Waals surface area contributed by atoms with Crippen LogP contribution in [0.1, 0.15) is 18.9 Å². The zero-order valence-corrected chi connectivity index (χ0v) is 12.3. The van der Waals surface area contributed by atoms with Crippen LogP contribution < -0.4 is 15.4 Å². The molecule has 1 aromatic rings. The average molecular weight is 292 g/mol. The molecule has 114 valence electrons. The molecule has 21 heavy (non-hydrogen) atoms. The van der Waals surface area contributed by atoms with Crippen molar-refractivity contribution in [1.82, 2.24) is 5.32 Å². The number of anilines is 1. The van der Waals surface area contributed by atoms with E-state index in [1.807, 2.05) is 13.0 Å². The zero-order chi connectivity index (χ0) is 15.2. The number of hydrogen-bond acceptors (Lipinski definition) is 4. The lowest BCUT2D eigenvalue weighted by Gasteiger charge is -2.18. The highest BCUT2D eigenvalue weighted by atomic mass is 16.5. The van der Waals surface area contributed by atoms with E-state index in [0.29, 0.717) is 25.2 Å². The van der Waals surface area contributed by atoms with E-state index in [0.717, 1.165) is 11.3 Å². The van der Waals surface area contributed by atoms with Crippen molar-refractivity contribution < 1.29 is 19.1 Å². The van der Waals surface area contributed by atoms with Crippen LogP contribution in [0.2, 0.25) is 0 Å². The van der Waals surface area contributed by atoms with Crippen LogP contribution in [0.15, 0.2) is 18.2 Å². The van der Waals surface area contributed by atoms with Gasteiger partial charge in [-0.1, -0.05) is 0 Å². The van der Waals surface area contributed by atoms with Crippen LogP contribution in [0.25, 0.3) is 0 Å². The molecule has 0 fully saturated rings.